The Hall–Kier alpha value is -2.67. The molecule has 5 rings (SSSR count). The summed E-state index contributed by atoms with van der Waals surface area (Å²) in [5, 5.41) is 27.2. The van der Waals surface area contributed by atoms with E-state index in [-0.39, 0.29) is 28.9 Å². The largest absolute Gasteiger partial charge is 0.478 e. The van der Waals surface area contributed by atoms with Crippen LogP contribution in [-0.2, 0) is 16.2 Å². The number of carbonyl (C=O) groups excluding carboxylic acids is 1. The second-order valence-electron chi connectivity index (χ2n) is 12.4. The van der Waals surface area contributed by atoms with E-state index in [0.29, 0.717) is 24.3 Å². The summed E-state index contributed by atoms with van der Waals surface area (Å²) in [7, 11) is 0. The summed E-state index contributed by atoms with van der Waals surface area (Å²) in [5.41, 5.74) is 3.11. The smallest absolute Gasteiger partial charge is 0.335 e. The highest BCUT2D eigenvalue weighted by molar-refractivity contribution is 5.96. The summed E-state index contributed by atoms with van der Waals surface area (Å²) in [6.07, 6.45) is 10.8. The SMILES string of the molecule is C[C@]12CC/C(=N\OCC(=O)NCc3ccc(C(=O)O)cc3)C=C1CC[C@@H]1[C@@H]2CC[C@@]2(C)[C@H]1CC[C@]2(C)O. The van der Waals surface area contributed by atoms with Crippen LogP contribution in [0.1, 0.15) is 88.1 Å². The van der Waals surface area contributed by atoms with Gasteiger partial charge in [0.05, 0.1) is 16.9 Å². The van der Waals surface area contributed by atoms with E-state index in [2.05, 4.69) is 37.3 Å². The molecule has 0 saturated heterocycles. The van der Waals surface area contributed by atoms with Gasteiger partial charge in [0, 0.05) is 6.54 Å². The molecule has 1 aromatic carbocycles. The van der Waals surface area contributed by atoms with Gasteiger partial charge in [0.25, 0.3) is 5.91 Å². The zero-order valence-corrected chi connectivity index (χ0v) is 22.3. The zero-order valence-electron chi connectivity index (χ0n) is 22.3. The van der Waals surface area contributed by atoms with E-state index in [1.54, 1.807) is 12.1 Å². The Labute approximate surface area is 219 Å². The standard InChI is InChI=1S/C30H40N2O5/c1-28-13-10-22(32-37-18-26(33)31-17-19-4-6-20(7-5-19)27(34)35)16-21(28)8-9-23-24(28)11-14-29(2)25(23)12-15-30(29,3)36/h4-7,16,23-25,36H,8-15,17-18H2,1-3H3,(H,31,33)(H,34,35)/b32-22+/t23-,24+,25+,28+,29+,30+/m1/s1. The average Bonchev–Trinajstić information content (AvgIpc) is 3.11. The number of nitrogens with one attached hydrogen (secondary N) is 1. The Bertz CT molecular complexity index is 1120. The van der Waals surface area contributed by atoms with E-state index in [1.165, 1.54) is 30.5 Å². The highest BCUT2D eigenvalue weighted by Crippen LogP contribution is 2.67. The molecule has 4 aliphatic carbocycles. The monoisotopic (exact) mass is 508 g/mol. The molecule has 0 heterocycles. The lowest BCUT2D eigenvalue weighted by Gasteiger charge is -2.59. The summed E-state index contributed by atoms with van der Waals surface area (Å²) in [6.45, 7) is 6.99. The lowest BCUT2D eigenvalue weighted by atomic mass is 9.46. The maximum Gasteiger partial charge on any atom is 0.335 e. The number of oxime groups is 1. The quantitative estimate of drug-likeness (QED) is 0.464. The Morgan fingerprint density at radius 2 is 1.76 bits per heavy atom. The van der Waals surface area contributed by atoms with E-state index in [9.17, 15) is 14.7 Å². The second kappa shape index (κ2) is 9.57. The van der Waals surface area contributed by atoms with Crippen LogP contribution in [0.5, 0.6) is 0 Å². The lowest BCUT2D eigenvalue weighted by Crippen LogP contribution is -2.53. The molecule has 0 radical (unpaired) electrons. The number of hydrogen-bond donors (Lipinski definition) is 3. The van der Waals surface area contributed by atoms with Gasteiger partial charge in [-0.3, -0.25) is 4.79 Å². The molecule has 37 heavy (non-hydrogen) atoms. The highest BCUT2D eigenvalue weighted by Gasteiger charge is 2.62. The summed E-state index contributed by atoms with van der Waals surface area (Å²) in [4.78, 5) is 28.6. The van der Waals surface area contributed by atoms with Crippen LogP contribution in [0.3, 0.4) is 0 Å². The average molecular weight is 509 g/mol. The van der Waals surface area contributed by atoms with Crippen LogP contribution in [0.15, 0.2) is 41.1 Å². The van der Waals surface area contributed by atoms with Crippen molar-refractivity contribution >= 4 is 17.6 Å². The number of carboxylic acids is 1. The summed E-state index contributed by atoms with van der Waals surface area (Å²) in [6, 6.07) is 6.42. The number of hydrogen-bond acceptors (Lipinski definition) is 5. The van der Waals surface area contributed by atoms with Crippen LogP contribution in [-0.4, -0.2) is 40.0 Å². The third-order valence-corrected chi connectivity index (χ3v) is 10.6. The molecule has 3 fully saturated rings. The van der Waals surface area contributed by atoms with Crippen LogP contribution in [0.2, 0.25) is 0 Å². The van der Waals surface area contributed by atoms with Crippen LogP contribution < -0.4 is 5.32 Å². The fourth-order valence-electron chi connectivity index (χ4n) is 8.08. The number of rotatable bonds is 6. The van der Waals surface area contributed by atoms with E-state index in [4.69, 9.17) is 9.94 Å². The van der Waals surface area contributed by atoms with Crippen molar-refractivity contribution in [3.05, 3.63) is 47.0 Å². The molecule has 7 nitrogen and oxygen atoms in total. The van der Waals surface area contributed by atoms with Crippen molar-refractivity contribution in [2.45, 2.75) is 84.3 Å². The zero-order chi connectivity index (χ0) is 26.4. The van der Waals surface area contributed by atoms with Gasteiger partial charge in [-0.05, 0) is 111 Å². The molecule has 0 bridgehead atoms. The normalized spacial score (nSPS) is 37.7. The van der Waals surface area contributed by atoms with Crippen LogP contribution >= 0.6 is 0 Å². The molecule has 0 unspecified atom stereocenters. The molecule has 200 valence electrons. The van der Waals surface area contributed by atoms with Gasteiger partial charge in [-0.15, -0.1) is 0 Å². The first-order chi connectivity index (χ1) is 17.5. The minimum atomic E-state index is -0.973. The maximum absolute atomic E-state index is 12.2. The Kier molecular flexibility index (Phi) is 6.71. The molecule has 7 heteroatoms. The second-order valence-corrected chi connectivity index (χ2v) is 12.4. The molecular weight excluding hydrogens is 468 g/mol. The van der Waals surface area contributed by atoms with Gasteiger partial charge in [0.1, 0.15) is 0 Å². The summed E-state index contributed by atoms with van der Waals surface area (Å²) < 4.78 is 0. The molecule has 0 aromatic heterocycles. The fraction of sp³-hybridized carbons (Fsp3) is 0.633. The molecule has 6 atom stereocenters. The molecule has 0 spiro atoms. The summed E-state index contributed by atoms with van der Waals surface area (Å²) >= 11 is 0. The van der Waals surface area contributed by atoms with Gasteiger partial charge in [-0.1, -0.05) is 36.7 Å². The van der Waals surface area contributed by atoms with Crippen molar-refractivity contribution in [2.24, 2.45) is 33.7 Å². The number of carboxylic acid groups (broad SMARTS) is 1. The summed E-state index contributed by atoms with van der Waals surface area (Å²) in [5.74, 6) is 0.731. The van der Waals surface area contributed by atoms with Gasteiger partial charge >= 0.3 is 5.97 Å². The molecule has 3 N–H and O–H groups in total. The number of aliphatic hydroxyl groups is 1. The molecule has 1 amide bonds. The van der Waals surface area contributed by atoms with E-state index in [1.807, 2.05) is 0 Å². The number of carbonyl (C=O) groups is 2. The molecular formula is C30H40N2O5. The first-order valence-electron chi connectivity index (χ1n) is 13.7. The van der Waals surface area contributed by atoms with Crippen molar-refractivity contribution in [2.75, 3.05) is 6.61 Å². The number of amides is 1. The number of allylic oxidation sites excluding steroid dienone is 2. The van der Waals surface area contributed by atoms with Crippen molar-refractivity contribution in [3.8, 4) is 0 Å². The minimum absolute atomic E-state index is 0.0450. The van der Waals surface area contributed by atoms with Gasteiger partial charge < -0.3 is 20.4 Å². The van der Waals surface area contributed by atoms with E-state index >= 15 is 0 Å². The first-order valence-corrected chi connectivity index (χ1v) is 13.7. The van der Waals surface area contributed by atoms with Gasteiger partial charge in [0.2, 0.25) is 0 Å². The van der Waals surface area contributed by atoms with Crippen LogP contribution in [0.25, 0.3) is 0 Å². The number of fused-ring (bicyclic) bond motifs is 5. The third kappa shape index (κ3) is 4.60. The predicted octanol–water partition coefficient (Wildman–Crippen LogP) is 5.09. The van der Waals surface area contributed by atoms with Gasteiger partial charge in [-0.25, -0.2) is 4.79 Å². The van der Waals surface area contributed by atoms with Crippen molar-refractivity contribution in [1.29, 1.82) is 0 Å². The minimum Gasteiger partial charge on any atom is -0.478 e. The molecule has 4 aliphatic rings. The highest BCUT2D eigenvalue weighted by atomic mass is 16.6. The lowest BCUT2D eigenvalue weighted by molar-refractivity contribution is -0.125. The predicted molar refractivity (Wildman–Crippen MR) is 141 cm³/mol. The van der Waals surface area contributed by atoms with E-state index in [0.717, 1.165) is 49.8 Å². The third-order valence-electron chi connectivity index (χ3n) is 10.6. The van der Waals surface area contributed by atoms with Crippen LogP contribution in [0, 0.1) is 28.6 Å². The van der Waals surface area contributed by atoms with Crippen molar-refractivity contribution in [3.63, 3.8) is 0 Å². The number of nitrogens with zero attached hydrogens (tertiary/aromatic N) is 1. The van der Waals surface area contributed by atoms with Gasteiger partial charge in [0.15, 0.2) is 6.61 Å². The molecule has 3 saturated carbocycles. The molecule has 1 aromatic rings. The Morgan fingerprint density at radius 1 is 1.03 bits per heavy atom. The van der Waals surface area contributed by atoms with Gasteiger partial charge in [-0.2, -0.15) is 0 Å². The first kappa shape index (κ1) is 26.0. The number of aromatic carboxylic acids is 1. The number of benzene rings is 1. The van der Waals surface area contributed by atoms with Crippen molar-refractivity contribution < 1.29 is 24.6 Å². The Balaban J connectivity index is 1.16. The maximum atomic E-state index is 12.2. The van der Waals surface area contributed by atoms with E-state index < -0.39 is 11.6 Å². The van der Waals surface area contributed by atoms with Crippen LogP contribution in [0.4, 0.5) is 0 Å². The fourth-order valence-corrected chi connectivity index (χ4v) is 8.08. The topological polar surface area (TPSA) is 108 Å². The molecule has 0 aliphatic heterocycles. The van der Waals surface area contributed by atoms with Crippen molar-refractivity contribution in [1.82, 2.24) is 5.32 Å². The Morgan fingerprint density at radius 3 is 2.49 bits per heavy atom.